The van der Waals surface area contributed by atoms with E-state index in [-0.39, 0.29) is 6.04 Å². The molecule has 2 heterocycles. The lowest BCUT2D eigenvalue weighted by molar-refractivity contribution is 0.104. The van der Waals surface area contributed by atoms with Crippen molar-refractivity contribution in [3.05, 3.63) is 15.9 Å². The summed E-state index contributed by atoms with van der Waals surface area (Å²) in [6.07, 6.45) is 2.04. The average molecular weight is 354 g/mol. The molecule has 1 atom stereocenters. The lowest BCUT2D eigenvalue weighted by atomic mass is 10.1. The second-order valence-corrected chi connectivity index (χ2v) is 6.51. The normalized spacial score (nSPS) is 18.6. The van der Waals surface area contributed by atoms with E-state index in [1.165, 1.54) is 5.69 Å². The van der Waals surface area contributed by atoms with Gasteiger partial charge in [0, 0.05) is 39.8 Å². The van der Waals surface area contributed by atoms with Crippen LogP contribution in [0.4, 0.5) is 0 Å². The first-order valence-electron chi connectivity index (χ1n) is 7.60. The first kappa shape index (κ1) is 16.5. The zero-order valence-electron chi connectivity index (χ0n) is 13.1. The second-order valence-electron chi connectivity index (χ2n) is 5.72. The molecule has 0 aliphatic carbocycles. The van der Waals surface area contributed by atoms with E-state index in [0.29, 0.717) is 0 Å². The third-order valence-electron chi connectivity index (χ3n) is 4.19. The summed E-state index contributed by atoms with van der Waals surface area (Å²) in [7, 11) is 2.00. The maximum Gasteiger partial charge on any atom is 0.0978 e. The van der Waals surface area contributed by atoms with E-state index in [1.807, 2.05) is 18.7 Å². The van der Waals surface area contributed by atoms with Crippen LogP contribution in [0, 0.1) is 18.3 Å². The summed E-state index contributed by atoms with van der Waals surface area (Å²) < 4.78 is 3.08. The third-order valence-corrected chi connectivity index (χ3v) is 5.23. The van der Waals surface area contributed by atoms with Gasteiger partial charge >= 0.3 is 0 Å². The van der Waals surface area contributed by atoms with Gasteiger partial charge < -0.3 is 0 Å². The number of hydrogen-bond donors (Lipinski definition) is 0. The van der Waals surface area contributed by atoms with E-state index in [0.717, 1.165) is 55.7 Å². The molecule has 0 radical (unpaired) electrons. The number of aryl methyl sites for hydroxylation is 2. The summed E-state index contributed by atoms with van der Waals surface area (Å²) in [5.74, 6) is 0. The highest BCUT2D eigenvalue weighted by atomic mass is 79.9. The van der Waals surface area contributed by atoms with Crippen molar-refractivity contribution in [2.45, 2.75) is 39.3 Å². The van der Waals surface area contributed by atoms with Gasteiger partial charge in [0.1, 0.15) is 0 Å². The van der Waals surface area contributed by atoms with Crippen molar-refractivity contribution < 1.29 is 0 Å². The minimum atomic E-state index is 0.0860. The molecule has 1 aromatic heterocycles. The van der Waals surface area contributed by atoms with Crippen molar-refractivity contribution >= 4 is 15.9 Å². The number of halogens is 1. The van der Waals surface area contributed by atoms with Crippen LogP contribution in [0.5, 0.6) is 0 Å². The van der Waals surface area contributed by atoms with E-state index < -0.39 is 0 Å². The number of piperazine rings is 1. The fourth-order valence-electron chi connectivity index (χ4n) is 2.90. The summed E-state index contributed by atoms with van der Waals surface area (Å²) in [4.78, 5) is 4.77. The molecule has 21 heavy (non-hydrogen) atoms. The van der Waals surface area contributed by atoms with Crippen LogP contribution in [0.15, 0.2) is 4.47 Å². The molecular formula is C15H24BrN5. The largest absolute Gasteiger partial charge is 0.295 e. The molecule has 1 aliphatic rings. The quantitative estimate of drug-likeness (QED) is 0.814. The van der Waals surface area contributed by atoms with Crippen LogP contribution >= 0.6 is 15.9 Å². The van der Waals surface area contributed by atoms with Crippen molar-refractivity contribution in [1.82, 2.24) is 19.6 Å². The molecule has 0 N–H and O–H groups in total. The van der Waals surface area contributed by atoms with Crippen LogP contribution in [0.25, 0.3) is 0 Å². The van der Waals surface area contributed by atoms with Crippen molar-refractivity contribution in [3.8, 4) is 6.07 Å². The van der Waals surface area contributed by atoms with E-state index in [4.69, 9.17) is 0 Å². The molecular weight excluding hydrogens is 330 g/mol. The fraction of sp³-hybridized carbons (Fsp3) is 0.733. The summed E-state index contributed by atoms with van der Waals surface area (Å²) in [6.45, 7) is 9.06. The molecule has 0 amide bonds. The number of nitrogens with zero attached hydrogens (tertiary/aromatic N) is 5. The SMILES string of the molecule is CCCC(C#N)N1CCN(Cc2c(Br)c(C)nn2C)CC1. The topological polar surface area (TPSA) is 48.1 Å². The van der Waals surface area contributed by atoms with E-state index in [9.17, 15) is 5.26 Å². The van der Waals surface area contributed by atoms with E-state index in [1.54, 1.807) is 0 Å². The molecule has 1 fully saturated rings. The second kappa shape index (κ2) is 7.39. The summed E-state index contributed by atoms with van der Waals surface area (Å²) >= 11 is 3.63. The molecule has 0 saturated carbocycles. The first-order valence-corrected chi connectivity index (χ1v) is 8.40. The van der Waals surface area contributed by atoms with Gasteiger partial charge in [-0.15, -0.1) is 0 Å². The molecule has 0 spiro atoms. The van der Waals surface area contributed by atoms with Gasteiger partial charge in [0.15, 0.2) is 0 Å². The molecule has 1 unspecified atom stereocenters. The van der Waals surface area contributed by atoms with E-state index in [2.05, 4.69) is 43.8 Å². The Morgan fingerprint density at radius 1 is 1.33 bits per heavy atom. The molecule has 1 aliphatic heterocycles. The van der Waals surface area contributed by atoms with Gasteiger partial charge in [-0.25, -0.2) is 0 Å². The van der Waals surface area contributed by atoms with Crippen LogP contribution in [-0.2, 0) is 13.6 Å². The number of rotatable bonds is 5. The van der Waals surface area contributed by atoms with Crippen LogP contribution in [0.3, 0.4) is 0 Å². The van der Waals surface area contributed by atoms with Gasteiger partial charge in [0.05, 0.1) is 28.0 Å². The molecule has 1 aromatic rings. The standard InChI is InChI=1S/C15H24BrN5/c1-4-5-13(10-17)21-8-6-20(7-9-21)11-14-15(16)12(2)18-19(14)3/h13H,4-9,11H2,1-3H3. The fourth-order valence-corrected chi connectivity index (χ4v) is 3.36. The predicted octanol–water partition coefficient (Wildman–Crippen LogP) is 2.30. The molecule has 5 nitrogen and oxygen atoms in total. The summed E-state index contributed by atoms with van der Waals surface area (Å²) in [6, 6.07) is 2.53. The molecule has 2 rings (SSSR count). The summed E-state index contributed by atoms with van der Waals surface area (Å²) in [5, 5.41) is 13.7. The van der Waals surface area contributed by atoms with Crippen LogP contribution in [0.2, 0.25) is 0 Å². The molecule has 116 valence electrons. The molecule has 0 aromatic carbocycles. The Morgan fingerprint density at radius 3 is 2.48 bits per heavy atom. The Hall–Kier alpha value is -0.900. The van der Waals surface area contributed by atoms with Crippen molar-refractivity contribution in [3.63, 3.8) is 0 Å². The van der Waals surface area contributed by atoms with Gasteiger partial charge in [-0.2, -0.15) is 10.4 Å². The average Bonchev–Trinajstić information content (AvgIpc) is 2.72. The Balaban J connectivity index is 1.91. The minimum absolute atomic E-state index is 0.0860. The van der Waals surface area contributed by atoms with Gasteiger partial charge in [-0.05, 0) is 29.3 Å². The highest BCUT2D eigenvalue weighted by molar-refractivity contribution is 9.10. The van der Waals surface area contributed by atoms with E-state index >= 15 is 0 Å². The molecule has 1 saturated heterocycles. The smallest absolute Gasteiger partial charge is 0.0978 e. The lowest BCUT2D eigenvalue weighted by Gasteiger charge is -2.36. The minimum Gasteiger partial charge on any atom is -0.295 e. The maximum absolute atomic E-state index is 9.26. The Morgan fingerprint density at radius 2 is 2.00 bits per heavy atom. The highest BCUT2D eigenvalue weighted by Gasteiger charge is 2.24. The molecule has 6 heteroatoms. The van der Waals surface area contributed by atoms with Crippen LogP contribution in [0.1, 0.15) is 31.2 Å². The lowest BCUT2D eigenvalue weighted by Crippen LogP contribution is -2.49. The monoisotopic (exact) mass is 353 g/mol. The number of hydrogen-bond acceptors (Lipinski definition) is 4. The predicted molar refractivity (Wildman–Crippen MR) is 86.8 cm³/mol. The zero-order chi connectivity index (χ0) is 15.4. The van der Waals surface area contributed by atoms with Gasteiger partial charge in [-0.1, -0.05) is 13.3 Å². The Kier molecular flexibility index (Phi) is 5.80. The van der Waals surface area contributed by atoms with Crippen LogP contribution < -0.4 is 0 Å². The summed E-state index contributed by atoms with van der Waals surface area (Å²) in [5.41, 5.74) is 2.27. The van der Waals surface area contributed by atoms with Crippen molar-refractivity contribution in [2.24, 2.45) is 7.05 Å². The van der Waals surface area contributed by atoms with Crippen molar-refractivity contribution in [1.29, 1.82) is 5.26 Å². The number of aromatic nitrogens is 2. The molecule has 0 bridgehead atoms. The third kappa shape index (κ3) is 3.85. The van der Waals surface area contributed by atoms with Gasteiger partial charge in [-0.3, -0.25) is 14.5 Å². The zero-order valence-corrected chi connectivity index (χ0v) is 14.7. The maximum atomic E-state index is 9.26. The highest BCUT2D eigenvalue weighted by Crippen LogP contribution is 2.22. The number of nitriles is 1. The van der Waals surface area contributed by atoms with Gasteiger partial charge in [0.2, 0.25) is 0 Å². The van der Waals surface area contributed by atoms with Crippen molar-refractivity contribution in [2.75, 3.05) is 26.2 Å². The van der Waals surface area contributed by atoms with Crippen LogP contribution in [-0.4, -0.2) is 51.8 Å². The van der Waals surface area contributed by atoms with Gasteiger partial charge in [0.25, 0.3) is 0 Å². The Labute approximate surface area is 135 Å². The first-order chi connectivity index (χ1) is 10.1. The Bertz CT molecular complexity index is 511.